The van der Waals surface area contributed by atoms with Crippen LogP contribution in [0.4, 0.5) is 39.5 Å². The molecule has 63 heavy (non-hydrogen) atoms. The monoisotopic (exact) mass is 916 g/mol. The van der Waals surface area contributed by atoms with E-state index in [9.17, 15) is 68.3 Å². The number of halogens is 9. The third-order valence-electron chi connectivity index (χ3n) is 10.9. The van der Waals surface area contributed by atoms with Gasteiger partial charge in [0.1, 0.15) is 0 Å². The van der Waals surface area contributed by atoms with E-state index in [0.29, 0.717) is 29.3 Å². The lowest BCUT2D eigenvalue weighted by Gasteiger charge is -2.32. The molecule has 14 nitrogen and oxygen atoms in total. The van der Waals surface area contributed by atoms with Gasteiger partial charge in [0.15, 0.2) is 0 Å². The molecular weight excluding hydrogens is 859 g/mol. The van der Waals surface area contributed by atoms with Crippen molar-refractivity contribution < 1.29 is 68.3 Å². The molecule has 0 aromatic heterocycles. The van der Waals surface area contributed by atoms with Crippen LogP contribution in [0.25, 0.3) is 0 Å². The Labute approximate surface area is 360 Å². The van der Waals surface area contributed by atoms with Crippen LogP contribution < -0.4 is 0 Å². The van der Waals surface area contributed by atoms with Gasteiger partial charge < -0.3 is 29.4 Å². The second-order valence-electron chi connectivity index (χ2n) is 15.7. The number of hydrogen-bond donors (Lipinski definition) is 0. The summed E-state index contributed by atoms with van der Waals surface area (Å²) in [7, 11) is 0. The zero-order chi connectivity index (χ0) is 47.1. The van der Waals surface area contributed by atoms with E-state index in [1.54, 1.807) is 29.2 Å². The van der Waals surface area contributed by atoms with Crippen molar-refractivity contribution in [2.75, 3.05) is 105 Å². The topological polar surface area (TPSA) is 128 Å². The van der Waals surface area contributed by atoms with Crippen LogP contribution in [-0.2, 0) is 41.9 Å². The van der Waals surface area contributed by atoms with E-state index in [0.717, 1.165) is 16.0 Å². The van der Waals surface area contributed by atoms with Gasteiger partial charge in [0.05, 0.1) is 0 Å². The van der Waals surface area contributed by atoms with E-state index in [2.05, 4.69) is 0 Å². The predicted molar refractivity (Wildman–Crippen MR) is 210 cm³/mol. The molecule has 6 amide bonds. The summed E-state index contributed by atoms with van der Waals surface area (Å²) in [5.74, 6) is -7.39. The molecule has 1 aromatic rings. The summed E-state index contributed by atoms with van der Waals surface area (Å²) >= 11 is 0. The smallest absolute Gasteiger partial charge is 0.342 e. The Morgan fingerprint density at radius 3 is 0.857 bits per heavy atom. The number of carbonyl (C=O) groups excluding carboxylic acids is 6. The van der Waals surface area contributed by atoms with E-state index in [1.807, 2.05) is 9.80 Å². The molecule has 2 saturated heterocycles. The van der Waals surface area contributed by atoms with Gasteiger partial charge in [0.2, 0.25) is 17.7 Å². The number of hydrogen-bond acceptors (Lipinski definition) is 8. The van der Waals surface area contributed by atoms with Gasteiger partial charge in [-0.15, -0.1) is 0 Å². The minimum atomic E-state index is -5.31. The highest BCUT2D eigenvalue weighted by Gasteiger charge is 2.45. The molecule has 0 N–H and O–H groups in total. The van der Waals surface area contributed by atoms with E-state index in [1.165, 1.54) is 30.6 Å². The largest absolute Gasteiger partial charge is 0.471 e. The maximum Gasteiger partial charge on any atom is 0.471 e. The summed E-state index contributed by atoms with van der Waals surface area (Å²) in [4.78, 5) is 83.6. The number of amides is 6. The van der Waals surface area contributed by atoms with Crippen LogP contribution in [0.3, 0.4) is 0 Å². The maximum absolute atomic E-state index is 13.6. The Morgan fingerprint density at radius 2 is 0.587 bits per heavy atom. The molecule has 0 atom stereocenters. The Kier molecular flexibility index (Phi) is 19.9. The number of benzene rings is 1. The number of rotatable bonds is 4. The second-order valence-corrected chi connectivity index (χ2v) is 15.7. The summed E-state index contributed by atoms with van der Waals surface area (Å²) in [5.41, 5.74) is 1.51. The molecule has 2 fully saturated rings. The minimum absolute atomic E-state index is 0.0357. The first kappa shape index (κ1) is 52.7. The van der Waals surface area contributed by atoms with Crippen LogP contribution in [0.5, 0.6) is 0 Å². The van der Waals surface area contributed by atoms with Crippen LogP contribution in [0.1, 0.15) is 57.6 Å². The van der Waals surface area contributed by atoms with Crippen LogP contribution in [0.15, 0.2) is 24.3 Å². The predicted octanol–water partition coefficient (Wildman–Crippen LogP) is 3.60. The van der Waals surface area contributed by atoms with E-state index >= 15 is 0 Å². The lowest BCUT2D eigenvalue weighted by atomic mass is 10.1. The maximum atomic E-state index is 13.6. The van der Waals surface area contributed by atoms with Crippen molar-refractivity contribution in [2.45, 2.75) is 78.1 Å². The minimum Gasteiger partial charge on any atom is -0.342 e. The van der Waals surface area contributed by atoms with Crippen LogP contribution in [0, 0.1) is 0 Å². The van der Waals surface area contributed by atoms with E-state index < -0.39 is 62.4 Å². The molecule has 0 radical (unpaired) electrons. The lowest BCUT2D eigenvalue weighted by Crippen LogP contribution is -2.50. The van der Waals surface area contributed by atoms with Gasteiger partial charge in [-0.1, -0.05) is 24.3 Å². The molecule has 3 rings (SSSR count). The van der Waals surface area contributed by atoms with Gasteiger partial charge in [-0.2, -0.15) is 39.5 Å². The highest BCUT2D eigenvalue weighted by Crippen LogP contribution is 2.23. The van der Waals surface area contributed by atoms with Gasteiger partial charge >= 0.3 is 36.3 Å². The summed E-state index contributed by atoms with van der Waals surface area (Å²) in [6, 6.07) is 7.16. The van der Waals surface area contributed by atoms with E-state index in [4.69, 9.17) is 0 Å². The average molecular weight is 917 g/mol. The van der Waals surface area contributed by atoms with Crippen molar-refractivity contribution in [2.24, 2.45) is 0 Å². The number of alkyl halides is 9. The van der Waals surface area contributed by atoms with Crippen molar-refractivity contribution in [1.29, 1.82) is 0 Å². The molecule has 2 aliphatic heterocycles. The van der Waals surface area contributed by atoms with Crippen molar-refractivity contribution in [3.8, 4) is 0 Å². The van der Waals surface area contributed by atoms with Crippen molar-refractivity contribution in [3.63, 3.8) is 0 Å². The first-order valence-corrected chi connectivity index (χ1v) is 20.7. The van der Waals surface area contributed by atoms with Gasteiger partial charge in [-0.3, -0.25) is 38.6 Å². The highest BCUT2D eigenvalue weighted by molar-refractivity contribution is 5.83. The average Bonchev–Trinajstić information content (AvgIpc) is 3.18. The summed E-state index contributed by atoms with van der Waals surface area (Å²) in [6.07, 6.45) is -15.4. The second kappa shape index (κ2) is 23.9. The quantitative estimate of drug-likeness (QED) is 0.420. The number of carbonyl (C=O) groups is 6. The van der Waals surface area contributed by atoms with E-state index in [-0.39, 0.29) is 116 Å². The lowest BCUT2D eigenvalue weighted by molar-refractivity contribution is -0.189. The fourth-order valence-corrected chi connectivity index (χ4v) is 7.45. The fraction of sp³-hybridized carbons (Fsp3) is 0.700. The highest BCUT2D eigenvalue weighted by atomic mass is 19.4. The Morgan fingerprint density at radius 1 is 0.365 bits per heavy atom. The van der Waals surface area contributed by atoms with Crippen molar-refractivity contribution >= 4 is 35.4 Å². The third-order valence-corrected chi connectivity index (χ3v) is 10.9. The molecular formula is C40H57F9N8O6. The van der Waals surface area contributed by atoms with Crippen LogP contribution in [0.2, 0.25) is 0 Å². The standard InChI is InChI=1S/C40H57F9N8O6/c1-30(58)52-15-6-19-57(37(63)40(47,48)49)27-26-56(36(62)39(44,45)46)17-5-13-50(20-22-52)28-33-8-10-34(11-9-33)29-51-12-4-14-53(31(2)59)24-25-54(32(3)60)16-7-18-55(23-21-51)35(61)38(41,42)43/h8-11H,4-7,12-29H2,1-3H3. The van der Waals surface area contributed by atoms with Gasteiger partial charge in [-0.25, -0.2) is 0 Å². The molecule has 356 valence electrons. The Hall–Kier alpha value is -4.67. The summed E-state index contributed by atoms with van der Waals surface area (Å²) in [5, 5.41) is 0. The third kappa shape index (κ3) is 17.8. The molecule has 0 unspecified atom stereocenters. The van der Waals surface area contributed by atoms with Gasteiger partial charge in [0.25, 0.3) is 0 Å². The molecule has 0 saturated carbocycles. The summed E-state index contributed by atoms with van der Waals surface area (Å²) in [6.45, 7) is 2.99. The van der Waals surface area contributed by atoms with Gasteiger partial charge in [0, 0.05) is 139 Å². The SMILES string of the molecule is CC(=O)N1CCCN(C(=O)C(F)(F)F)CCN(C(=O)C(F)(F)F)CCCN(Cc2ccc(CN3CCCN(C(C)=O)CCN(C(C)=O)CCCN(C(=O)C(F)(F)F)CC3)cc2)CC1. The Balaban J connectivity index is 1.80. The molecule has 0 aliphatic carbocycles. The molecule has 23 heteroatoms. The normalized spacial score (nSPS) is 19.0. The van der Waals surface area contributed by atoms with Crippen LogP contribution >= 0.6 is 0 Å². The molecule has 2 heterocycles. The zero-order valence-corrected chi connectivity index (χ0v) is 35.8. The van der Waals surface area contributed by atoms with Crippen molar-refractivity contribution in [3.05, 3.63) is 35.4 Å². The first-order chi connectivity index (χ1) is 29.4. The molecule has 0 bridgehead atoms. The molecule has 0 spiro atoms. The molecule has 2 aliphatic rings. The molecule has 1 aromatic carbocycles. The fourth-order valence-electron chi connectivity index (χ4n) is 7.45. The van der Waals surface area contributed by atoms with Gasteiger partial charge in [-0.05, 0) is 36.8 Å². The zero-order valence-electron chi connectivity index (χ0n) is 35.8. The number of nitrogens with zero attached hydrogens (tertiary/aromatic N) is 8. The summed E-state index contributed by atoms with van der Waals surface area (Å²) < 4.78 is 122. The van der Waals surface area contributed by atoms with Crippen molar-refractivity contribution in [1.82, 2.24) is 39.2 Å². The first-order valence-electron chi connectivity index (χ1n) is 20.7. The Bertz CT molecular complexity index is 1700. The van der Waals surface area contributed by atoms with Crippen LogP contribution in [-0.4, -0.2) is 198 Å².